The van der Waals surface area contributed by atoms with Gasteiger partial charge >= 0.3 is 0 Å². The molecule has 0 N–H and O–H groups in total. The van der Waals surface area contributed by atoms with Gasteiger partial charge in [-0.2, -0.15) is 0 Å². The molecule has 0 aliphatic rings. The second kappa shape index (κ2) is 5.27. The molecule has 0 fully saturated rings. The summed E-state index contributed by atoms with van der Waals surface area (Å²) in [6.07, 6.45) is 2.53. The molecule has 0 unspecified atom stereocenters. The predicted octanol–water partition coefficient (Wildman–Crippen LogP) is 3.16. The number of aromatic nitrogens is 1. The van der Waals surface area contributed by atoms with Crippen molar-refractivity contribution < 1.29 is 9.21 Å². The Kier molecular flexibility index (Phi) is 3.74. The largest absolute Gasteiger partial charge is 0.448 e. The number of oxazole rings is 1. The molecule has 1 heterocycles. The molecule has 0 saturated carbocycles. The summed E-state index contributed by atoms with van der Waals surface area (Å²) >= 11 is 3.39. The molecule has 88 valence electrons. The van der Waals surface area contributed by atoms with Gasteiger partial charge in [0, 0.05) is 10.9 Å². The number of halogens is 1. The number of Topliss-reactive ketones (excluding diaryl/α,β-unsaturated/α-hetero) is 1. The van der Waals surface area contributed by atoms with Crippen LogP contribution in [0.1, 0.15) is 24.1 Å². The number of hydrogen-bond donors (Lipinski definition) is 0. The van der Waals surface area contributed by atoms with Crippen LogP contribution < -0.4 is 0 Å². The molecule has 0 aliphatic heterocycles. The van der Waals surface area contributed by atoms with Crippen LogP contribution in [0, 0.1) is 0 Å². The zero-order valence-electron chi connectivity index (χ0n) is 9.44. The summed E-state index contributed by atoms with van der Waals surface area (Å²) in [6.45, 7) is 1.54. The number of carbonyl (C=O) groups excluding carboxylic acids is 1. The highest BCUT2D eigenvalue weighted by atomic mass is 79.9. The molecule has 2 rings (SSSR count). The smallest absolute Gasteiger partial charge is 0.198 e. The Morgan fingerprint density at radius 3 is 2.71 bits per heavy atom. The van der Waals surface area contributed by atoms with E-state index in [4.69, 9.17) is 4.42 Å². The van der Waals surface area contributed by atoms with Gasteiger partial charge in [0.1, 0.15) is 12.0 Å². The molecule has 0 atom stereocenters. The minimum Gasteiger partial charge on any atom is -0.448 e. The van der Waals surface area contributed by atoms with Crippen molar-refractivity contribution in [1.82, 2.24) is 4.98 Å². The molecular weight excluding hydrogens is 282 g/mol. The van der Waals surface area contributed by atoms with Crippen molar-refractivity contribution in [2.24, 2.45) is 0 Å². The maximum Gasteiger partial charge on any atom is 0.198 e. The summed E-state index contributed by atoms with van der Waals surface area (Å²) in [4.78, 5) is 15.2. The van der Waals surface area contributed by atoms with Crippen molar-refractivity contribution in [1.29, 1.82) is 0 Å². The van der Waals surface area contributed by atoms with E-state index in [-0.39, 0.29) is 5.78 Å². The van der Waals surface area contributed by atoms with Crippen molar-refractivity contribution in [3.63, 3.8) is 0 Å². The lowest BCUT2D eigenvalue weighted by atomic mass is 10.1. The quantitative estimate of drug-likeness (QED) is 0.870. The van der Waals surface area contributed by atoms with Crippen LogP contribution in [0.15, 0.2) is 39.4 Å². The van der Waals surface area contributed by atoms with E-state index < -0.39 is 0 Å². The van der Waals surface area contributed by atoms with Gasteiger partial charge < -0.3 is 4.42 Å². The Hall–Kier alpha value is -1.42. The molecule has 0 radical (unpaired) electrons. The second-order valence-electron chi connectivity index (χ2n) is 3.91. The first-order valence-electron chi connectivity index (χ1n) is 5.30. The molecule has 17 heavy (non-hydrogen) atoms. The van der Waals surface area contributed by atoms with E-state index in [1.807, 2.05) is 24.3 Å². The summed E-state index contributed by atoms with van der Waals surface area (Å²) in [5.74, 6) is 0.733. The number of nitrogens with zero attached hydrogens (tertiary/aromatic N) is 1. The number of hydrogen-bond acceptors (Lipinski definition) is 3. The van der Waals surface area contributed by atoms with E-state index in [9.17, 15) is 4.79 Å². The van der Waals surface area contributed by atoms with Gasteiger partial charge in [-0.05, 0) is 24.6 Å². The topological polar surface area (TPSA) is 43.1 Å². The average molecular weight is 294 g/mol. The molecule has 0 spiro atoms. The molecule has 0 aliphatic carbocycles. The fraction of sp³-hybridized carbons (Fsp3) is 0.231. The van der Waals surface area contributed by atoms with E-state index in [2.05, 4.69) is 20.9 Å². The van der Waals surface area contributed by atoms with Crippen molar-refractivity contribution in [3.05, 3.63) is 52.1 Å². The van der Waals surface area contributed by atoms with Crippen LogP contribution in [0.2, 0.25) is 0 Å². The zero-order valence-corrected chi connectivity index (χ0v) is 11.0. The number of rotatable bonds is 4. The van der Waals surface area contributed by atoms with Crippen molar-refractivity contribution >= 4 is 21.7 Å². The average Bonchev–Trinajstić information content (AvgIpc) is 2.68. The monoisotopic (exact) mass is 293 g/mol. The lowest BCUT2D eigenvalue weighted by molar-refractivity contribution is -0.116. The predicted molar refractivity (Wildman–Crippen MR) is 67.8 cm³/mol. The second-order valence-corrected chi connectivity index (χ2v) is 4.83. The van der Waals surface area contributed by atoms with Gasteiger partial charge in [0.05, 0.1) is 12.1 Å². The summed E-state index contributed by atoms with van der Waals surface area (Å²) in [5, 5.41) is 0. The van der Waals surface area contributed by atoms with Crippen LogP contribution in [-0.4, -0.2) is 10.8 Å². The number of ketones is 1. The summed E-state index contributed by atoms with van der Waals surface area (Å²) in [7, 11) is 0. The van der Waals surface area contributed by atoms with Crippen LogP contribution in [0.25, 0.3) is 0 Å². The Bertz CT molecular complexity index is 516. The Morgan fingerprint density at radius 1 is 1.35 bits per heavy atom. The van der Waals surface area contributed by atoms with Gasteiger partial charge in [-0.25, -0.2) is 4.98 Å². The van der Waals surface area contributed by atoms with E-state index in [0.717, 1.165) is 10.0 Å². The van der Waals surface area contributed by atoms with Crippen molar-refractivity contribution in [2.45, 2.75) is 19.8 Å². The SMILES string of the molecule is CC(=O)Cc1coc(Cc2ccc(Br)cc2)n1. The first-order valence-corrected chi connectivity index (χ1v) is 6.10. The van der Waals surface area contributed by atoms with Gasteiger partial charge in [0.25, 0.3) is 0 Å². The van der Waals surface area contributed by atoms with Gasteiger partial charge in [-0.3, -0.25) is 4.79 Å². The standard InChI is InChI=1S/C13H12BrNO2/c1-9(16)6-12-8-17-13(15-12)7-10-2-4-11(14)5-3-10/h2-5,8H,6-7H2,1H3. The van der Waals surface area contributed by atoms with Gasteiger partial charge in [0.15, 0.2) is 5.89 Å². The summed E-state index contributed by atoms with van der Waals surface area (Å²) in [5.41, 5.74) is 1.83. The molecule has 1 aromatic carbocycles. The highest BCUT2D eigenvalue weighted by molar-refractivity contribution is 9.10. The van der Waals surface area contributed by atoms with Crippen LogP contribution in [0.5, 0.6) is 0 Å². The number of carbonyl (C=O) groups is 1. The number of benzene rings is 1. The molecule has 2 aromatic rings. The van der Waals surface area contributed by atoms with Crippen LogP contribution >= 0.6 is 15.9 Å². The first kappa shape index (κ1) is 12.0. The van der Waals surface area contributed by atoms with Gasteiger partial charge in [-0.1, -0.05) is 28.1 Å². The third-order valence-corrected chi connectivity index (χ3v) is 2.83. The van der Waals surface area contributed by atoms with E-state index >= 15 is 0 Å². The minimum absolute atomic E-state index is 0.0912. The molecule has 1 aromatic heterocycles. The first-order chi connectivity index (χ1) is 8.13. The Balaban J connectivity index is 2.06. The van der Waals surface area contributed by atoms with Gasteiger partial charge in [0.2, 0.25) is 0 Å². The molecule has 0 saturated heterocycles. The zero-order chi connectivity index (χ0) is 12.3. The highest BCUT2D eigenvalue weighted by Crippen LogP contribution is 2.14. The minimum atomic E-state index is 0.0912. The van der Waals surface area contributed by atoms with Gasteiger partial charge in [-0.15, -0.1) is 0 Å². The van der Waals surface area contributed by atoms with Crippen LogP contribution in [0.4, 0.5) is 0 Å². The molecule has 3 nitrogen and oxygen atoms in total. The van der Waals surface area contributed by atoms with Crippen LogP contribution in [0.3, 0.4) is 0 Å². The lowest BCUT2D eigenvalue weighted by Crippen LogP contribution is -1.97. The summed E-state index contributed by atoms with van der Waals surface area (Å²) < 4.78 is 6.37. The third-order valence-electron chi connectivity index (χ3n) is 2.30. The maximum absolute atomic E-state index is 10.9. The molecular formula is C13H12BrNO2. The fourth-order valence-corrected chi connectivity index (χ4v) is 1.81. The van der Waals surface area contributed by atoms with E-state index in [1.165, 1.54) is 0 Å². The van der Waals surface area contributed by atoms with E-state index in [1.54, 1.807) is 13.2 Å². The highest BCUT2D eigenvalue weighted by Gasteiger charge is 2.06. The van der Waals surface area contributed by atoms with Crippen molar-refractivity contribution in [3.8, 4) is 0 Å². The maximum atomic E-state index is 10.9. The summed E-state index contributed by atoms with van der Waals surface area (Å²) in [6, 6.07) is 7.99. The molecule has 0 amide bonds. The Morgan fingerprint density at radius 2 is 2.06 bits per heavy atom. The fourth-order valence-electron chi connectivity index (χ4n) is 1.54. The normalized spacial score (nSPS) is 10.5. The van der Waals surface area contributed by atoms with Crippen molar-refractivity contribution in [2.75, 3.05) is 0 Å². The lowest BCUT2D eigenvalue weighted by Gasteiger charge is -1.97. The van der Waals surface area contributed by atoms with E-state index in [0.29, 0.717) is 24.4 Å². The molecule has 0 bridgehead atoms. The third kappa shape index (κ3) is 3.53. The Labute approximate surface area is 108 Å². The van der Waals surface area contributed by atoms with Crippen LogP contribution in [-0.2, 0) is 17.6 Å². The molecule has 4 heteroatoms.